The van der Waals surface area contributed by atoms with E-state index in [1.54, 1.807) is 0 Å². The topological polar surface area (TPSA) is 226 Å². The van der Waals surface area contributed by atoms with Crippen molar-refractivity contribution in [2.75, 3.05) is 25.4 Å². The van der Waals surface area contributed by atoms with Crippen molar-refractivity contribution in [3.05, 3.63) is 11.1 Å². The molecule has 0 spiro atoms. The van der Waals surface area contributed by atoms with Crippen LogP contribution in [0.15, 0.2) is 10.5 Å². The second kappa shape index (κ2) is 7.47. The van der Waals surface area contributed by atoms with E-state index in [2.05, 4.69) is 20.8 Å². The molecule has 4 saturated heterocycles. The molecule has 1 aliphatic carbocycles. The van der Waals surface area contributed by atoms with Gasteiger partial charge in [-0.15, -0.1) is 15.6 Å². The van der Waals surface area contributed by atoms with Gasteiger partial charge in [0.25, 0.3) is 5.91 Å². The van der Waals surface area contributed by atoms with Crippen LogP contribution in [0.3, 0.4) is 0 Å². The molecule has 0 aromatic carbocycles. The van der Waals surface area contributed by atoms with Gasteiger partial charge in [0.1, 0.15) is 11.7 Å². The number of carboxylic acid groups (broad SMARTS) is 1. The fraction of sp³-hybridized carbons (Fsp3) is 0.562. The number of carbonyl (C=O) groups is 3. The average molecular weight is 518 g/mol. The monoisotopic (exact) mass is 517 g/mol. The summed E-state index contributed by atoms with van der Waals surface area (Å²) < 4.78 is 39.4. The maximum absolute atomic E-state index is 13.1. The molecule has 34 heavy (non-hydrogen) atoms. The van der Waals surface area contributed by atoms with Crippen LogP contribution in [0.2, 0.25) is 0 Å². The standard InChI is InChI=1S/C16H19N7O9S2/c17-13-19-7(5-33-13)8(21-32-15(1-2-15)12(25)26)10(24)20-9-11-23(34(28,29)30)16(9,31-11)6-22-4-3-18-14(22)27/h5,9,11H,1-4,6H2,(H2,17,19)(H,18,27)(H,20,24)(H,25,26)(H,28,29,30)/b21-8-/t9-,11?,16?/m0/s1. The smallest absolute Gasteiger partial charge is 0.350 e. The molecule has 1 saturated carbocycles. The van der Waals surface area contributed by atoms with Gasteiger partial charge in [-0.25, -0.2) is 14.6 Å². The van der Waals surface area contributed by atoms with E-state index in [4.69, 9.17) is 15.3 Å². The van der Waals surface area contributed by atoms with Crippen molar-refractivity contribution in [2.45, 2.75) is 36.4 Å². The first-order chi connectivity index (χ1) is 16.0. The van der Waals surface area contributed by atoms with Crippen LogP contribution in [0.5, 0.6) is 0 Å². The minimum absolute atomic E-state index is 0.0229. The summed E-state index contributed by atoms with van der Waals surface area (Å²) in [6.07, 6.45) is -0.785. The molecule has 6 N–H and O–H groups in total. The Morgan fingerprint density at radius 1 is 1.47 bits per heavy atom. The van der Waals surface area contributed by atoms with E-state index in [0.717, 1.165) is 11.3 Å². The molecular formula is C16H19N7O9S2. The number of rotatable bonds is 9. The number of nitrogen functional groups attached to an aromatic ring is 1. The summed E-state index contributed by atoms with van der Waals surface area (Å²) in [5, 5.41) is 19.7. The number of nitrogens with zero attached hydrogens (tertiary/aromatic N) is 4. The second-order valence-corrected chi connectivity index (χ2v) is 10.3. The maximum atomic E-state index is 13.1. The van der Waals surface area contributed by atoms with Crippen LogP contribution in [0.25, 0.3) is 0 Å². The van der Waals surface area contributed by atoms with Crippen molar-refractivity contribution in [2.24, 2.45) is 5.16 Å². The van der Waals surface area contributed by atoms with Gasteiger partial charge in [0.15, 0.2) is 22.8 Å². The highest BCUT2D eigenvalue weighted by Crippen LogP contribution is 2.54. The number of aliphatic carboxylic acids is 1. The lowest BCUT2D eigenvalue weighted by Crippen LogP contribution is -2.96. The highest BCUT2D eigenvalue weighted by Gasteiger charge is 2.79. The molecule has 18 heteroatoms. The fourth-order valence-electron chi connectivity index (χ4n) is 4.01. The predicted molar refractivity (Wildman–Crippen MR) is 112 cm³/mol. The van der Waals surface area contributed by atoms with E-state index >= 15 is 0 Å². The van der Waals surface area contributed by atoms with Gasteiger partial charge in [-0.3, -0.25) is 9.35 Å². The van der Waals surface area contributed by atoms with Crippen molar-refractivity contribution in [1.82, 2.24) is 24.8 Å². The first-order valence-electron chi connectivity index (χ1n) is 9.96. The summed E-state index contributed by atoms with van der Waals surface area (Å²) in [6.45, 7) is 0.352. The lowest BCUT2D eigenvalue weighted by atomic mass is 9.84. The minimum Gasteiger partial charge on any atom is -0.478 e. The highest BCUT2D eigenvalue weighted by atomic mass is 32.2. The maximum Gasteiger partial charge on any atom is 0.350 e. The molecule has 4 aliphatic heterocycles. The Morgan fingerprint density at radius 2 is 2.21 bits per heavy atom. The van der Waals surface area contributed by atoms with Crippen molar-refractivity contribution in [3.63, 3.8) is 0 Å². The lowest BCUT2D eigenvalue weighted by Gasteiger charge is -2.71. The first-order valence-corrected chi connectivity index (χ1v) is 12.2. The van der Waals surface area contributed by atoms with Crippen LogP contribution >= 0.6 is 11.3 Å². The van der Waals surface area contributed by atoms with Crippen LogP contribution in [-0.2, 0) is 29.5 Å². The van der Waals surface area contributed by atoms with Gasteiger partial charge in [0.05, 0.1) is 6.54 Å². The number of aromatic nitrogens is 1. The van der Waals surface area contributed by atoms with Crippen LogP contribution < -0.4 is 16.4 Å². The van der Waals surface area contributed by atoms with Gasteiger partial charge in [-0.2, -0.15) is 8.42 Å². The van der Waals surface area contributed by atoms with Gasteiger partial charge in [-0.1, -0.05) is 5.16 Å². The third-order valence-electron chi connectivity index (χ3n) is 5.98. The van der Waals surface area contributed by atoms with E-state index in [0.29, 0.717) is 10.8 Å². The van der Waals surface area contributed by atoms with Crippen molar-refractivity contribution >= 4 is 50.4 Å². The molecule has 2 unspecified atom stereocenters. The summed E-state index contributed by atoms with van der Waals surface area (Å²) >= 11 is 1.02. The second-order valence-electron chi connectivity index (χ2n) is 8.13. The minimum atomic E-state index is -4.70. The Bertz CT molecular complexity index is 1210. The lowest BCUT2D eigenvalue weighted by molar-refractivity contribution is -0.444. The van der Waals surface area contributed by atoms with Gasteiger partial charge >= 0.3 is 22.3 Å². The molecule has 5 heterocycles. The zero-order valence-electron chi connectivity index (χ0n) is 17.2. The summed E-state index contributed by atoms with van der Waals surface area (Å²) in [5.41, 5.74) is 2.04. The predicted octanol–water partition coefficient (Wildman–Crippen LogP) is -2.26. The van der Waals surface area contributed by atoms with Gasteiger partial charge in [-0.05, 0) is 0 Å². The number of carboxylic acids is 1. The number of thiazole rings is 1. The molecule has 184 valence electrons. The summed E-state index contributed by atoms with van der Waals surface area (Å²) in [7, 11) is -4.70. The third-order valence-corrected chi connectivity index (χ3v) is 7.67. The van der Waals surface area contributed by atoms with Gasteiger partial charge in [0.2, 0.25) is 5.60 Å². The SMILES string of the molecule is Nc1nc(/C(=N/OC2(C(=O)O)CC2)C(=O)N[C@H]2C3OC2(CN2CCNC2=O)N3S(=O)(=O)O)cs1. The number of carbonyl (C=O) groups excluding carboxylic acids is 2. The van der Waals surface area contributed by atoms with Crippen LogP contribution in [-0.4, -0.2) is 99.1 Å². The van der Waals surface area contributed by atoms with E-state index in [1.165, 1.54) is 10.3 Å². The number of oxime groups is 1. The van der Waals surface area contributed by atoms with Gasteiger partial charge < -0.3 is 35.9 Å². The van der Waals surface area contributed by atoms with Crippen LogP contribution in [0, 0.1) is 0 Å². The quantitative estimate of drug-likeness (QED) is 0.133. The number of anilines is 1. The molecule has 5 fully saturated rings. The number of ether oxygens (including phenoxy) is 1. The number of nitrogens with two attached hydrogens (primary N) is 1. The third kappa shape index (κ3) is 3.45. The Kier molecular flexibility index (Phi) is 4.99. The molecule has 6 rings (SSSR count). The zero-order chi connectivity index (χ0) is 24.5. The molecule has 5 aliphatic rings. The number of nitrogens with one attached hydrogen (secondary N) is 2. The summed E-state index contributed by atoms with van der Waals surface area (Å²) in [5.74, 6) is -2.09. The Hall–Kier alpha value is -3.06. The number of hydrogen-bond donors (Lipinski definition) is 5. The largest absolute Gasteiger partial charge is 0.478 e. The van der Waals surface area contributed by atoms with E-state index in [9.17, 15) is 32.5 Å². The molecule has 0 radical (unpaired) electrons. The van der Waals surface area contributed by atoms with E-state index in [1.807, 2.05) is 0 Å². The van der Waals surface area contributed by atoms with Crippen molar-refractivity contribution < 1.29 is 42.0 Å². The van der Waals surface area contributed by atoms with Gasteiger partial charge in [0, 0.05) is 31.3 Å². The number of hydrogen-bond acceptors (Lipinski definition) is 11. The Balaban J connectivity index is 1.38. The summed E-state index contributed by atoms with van der Waals surface area (Å²) in [4.78, 5) is 46.9. The van der Waals surface area contributed by atoms with E-state index in [-0.39, 0.29) is 42.5 Å². The highest BCUT2D eigenvalue weighted by molar-refractivity contribution is 7.83. The Morgan fingerprint density at radius 3 is 2.71 bits per heavy atom. The van der Waals surface area contributed by atoms with Crippen molar-refractivity contribution in [1.29, 1.82) is 0 Å². The average Bonchev–Trinajstić information content (AvgIpc) is 3.23. The zero-order valence-corrected chi connectivity index (χ0v) is 18.8. The van der Waals surface area contributed by atoms with Crippen molar-refractivity contribution in [3.8, 4) is 0 Å². The van der Waals surface area contributed by atoms with Crippen LogP contribution in [0.4, 0.5) is 9.93 Å². The molecule has 3 amide bonds. The van der Waals surface area contributed by atoms with E-state index < -0.39 is 51.8 Å². The first kappa shape index (κ1) is 22.7. The number of urea groups is 1. The molecule has 3 atom stereocenters. The molecule has 2 bridgehead atoms. The molecule has 16 nitrogen and oxygen atoms in total. The molecular weight excluding hydrogens is 498 g/mol. The normalized spacial score (nSPS) is 29.6. The Labute approximate surface area is 195 Å². The molecule has 1 aromatic rings. The fourth-order valence-corrected chi connectivity index (χ4v) is 5.59. The number of amides is 3. The summed E-state index contributed by atoms with van der Waals surface area (Å²) in [6, 6.07) is -1.41. The van der Waals surface area contributed by atoms with Crippen LogP contribution in [0.1, 0.15) is 18.5 Å². The molecule has 1 aromatic heterocycles.